The summed E-state index contributed by atoms with van der Waals surface area (Å²) in [5.74, 6) is -1.16. The van der Waals surface area contributed by atoms with Gasteiger partial charge in [0, 0.05) is 0 Å². The highest BCUT2D eigenvalue weighted by Crippen LogP contribution is 2.27. The summed E-state index contributed by atoms with van der Waals surface area (Å²) in [7, 11) is -9.57. The minimum atomic E-state index is -4.82. The minimum Gasteiger partial charge on any atom is -0.748 e. The predicted molar refractivity (Wildman–Crippen MR) is 80.0 cm³/mol. The second-order valence-electron chi connectivity index (χ2n) is 5.38. The summed E-state index contributed by atoms with van der Waals surface area (Å²) in [5, 5.41) is -1.69. The highest BCUT2D eigenvalue weighted by molar-refractivity contribution is 7.90. The van der Waals surface area contributed by atoms with Crippen LogP contribution in [0, 0.1) is 0 Å². The fourth-order valence-electron chi connectivity index (χ4n) is 2.57. The van der Waals surface area contributed by atoms with Gasteiger partial charge in [-0.2, -0.15) is 0 Å². The Balaban J connectivity index is 2.09. The molecular weight excluding hydrogens is 328 g/mol. The molecule has 8 heteroatoms. The average Bonchev–Trinajstić information content (AvgIpc) is 2.41. The molecule has 0 aromatic heterocycles. The van der Waals surface area contributed by atoms with Crippen molar-refractivity contribution in [3.8, 4) is 0 Å². The van der Waals surface area contributed by atoms with Crippen LogP contribution in [0.3, 0.4) is 0 Å². The van der Waals surface area contributed by atoms with Crippen molar-refractivity contribution in [2.45, 2.75) is 30.9 Å². The topological polar surface area (TPSA) is 114 Å². The smallest absolute Gasteiger partial charge is 0.0985 e. The summed E-state index contributed by atoms with van der Waals surface area (Å²) in [6.07, 6.45) is 3.61. The molecule has 2 rings (SSSR count). The lowest BCUT2D eigenvalue weighted by Gasteiger charge is -2.23. The molecule has 122 valence electrons. The van der Waals surface area contributed by atoms with Gasteiger partial charge in [-0.3, -0.25) is 0 Å². The first kappa shape index (κ1) is 17.1. The summed E-state index contributed by atoms with van der Waals surface area (Å²) in [6.45, 7) is 0. The zero-order valence-electron chi connectivity index (χ0n) is 11.8. The molecule has 0 fully saturated rings. The summed E-state index contributed by atoms with van der Waals surface area (Å²) < 4.78 is 65.5. The third-order valence-corrected chi connectivity index (χ3v) is 5.96. The van der Waals surface area contributed by atoms with Crippen molar-refractivity contribution >= 4 is 26.3 Å². The molecule has 0 heterocycles. The quantitative estimate of drug-likeness (QED) is 0.718. The van der Waals surface area contributed by atoms with Crippen LogP contribution in [0.1, 0.15) is 30.4 Å². The SMILES string of the molecule is O=S(=O)([O-])CC(CCC1=Cc2ccccc2CC1)S(=O)(=O)[O-]. The van der Waals surface area contributed by atoms with Gasteiger partial charge < -0.3 is 9.11 Å². The van der Waals surface area contributed by atoms with Gasteiger partial charge in [0.15, 0.2) is 0 Å². The lowest BCUT2D eigenvalue weighted by atomic mass is 9.90. The largest absolute Gasteiger partial charge is 0.748 e. The molecule has 0 amide bonds. The fraction of sp³-hybridized carbons (Fsp3) is 0.429. The molecule has 0 spiro atoms. The summed E-state index contributed by atoms with van der Waals surface area (Å²) in [4.78, 5) is 0. The third kappa shape index (κ3) is 4.91. The number of aryl methyl sites for hydroxylation is 1. The molecule has 0 saturated carbocycles. The number of fused-ring (bicyclic) bond motifs is 1. The van der Waals surface area contributed by atoms with Crippen molar-refractivity contribution in [1.82, 2.24) is 0 Å². The van der Waals surface area contributed by atoms with Crippen LogP contribution in [0.15, 0.2) is 29.8 Å². The Bertz CT molecular complexity index is 777. The van der Waals surface area contributed by atoms with Gasteiger partial charge in [-0.1, -0.05) is 35.9 Å². The standard InChI is InChI=1S/C14H18O6S2/c15-21(16,17)10-14(22(18,19)20)8-6-11-5-7-12-3-1-2-4-13(12)9-11/h1-4,9,14H,5-8,10H2,(H,15,16,17)(H,18,19,20)/p-2. The Labute approximate surface area is 130 Å². The van der Waals surface area contributed by atoms with Crippen molar-refractivity contribution in [3.05, 3.63) is 41.0 Å². The molecule has 1 aromatic rings. The Morgan fingerprint density at radius 1 is 1.05 bits per heavy atom. The highest BCUT2D eigenvalue weighted by atomic mass is 32.2. The van der Waals surface area contributed by atoms with E-state index in [0.29, 0.717) is 0 Å². The number of rotatable bonds is 6. The summed E-state index contributed by atoms with van der Waals surface area (Å²) >= 11 is 0. The Kier molecular flexibility index (Phi) is 5.06. The van der Waals surface area contributed by atoms with Crippen LogP contribution >= 0.6 is 0 Å². The average molecular weight is 344 g/mol. The maximum Gasteiger partial charge on any atom is 0.0985 e. The first-order chi connectivity index (χ1) is 10.1. The van der Waals surface area contributed by atoms with Crippen LogP contribution in [0.5, 0.6) is 0 Å². The van der Waals surface area contributed by atoms with E-state index in [0.717, 1.165) is 24.0 Å². The van der Waals surface area contributed by atoms with Gasteiger partial charge in [0.1, 0.15) is 0 Å². The van der Waals surface area contributed by atoms with Gasteiger partial charge in [-0.05, 0) is 36.8 Å². The molecule has 1 unspecified atom stereocenters. The molecule has 1 atom stereocenters. The van der Waals surface area contributed by atoms with E-state index in [4.69, 9.17) is 0 Å². The first-order valence-corrected chi connectivity index (χ1v) is 9.85. The molecule has 1 aliphatic rings. The predicted octanol–water partition coefficient (Wildman–Crippen LogP) is 1.26. The Morgan fingerprint density at radius 3 is 2.36 bits per heavy atom. The van der Waals surface area contributed by atoms with Crippen molar-refractivity contribution in [2.75, 3.05) is 5.75 Å². The molecule has 1 aromatic carbocycles. The summed E-state index contributed by atoms with van der Waals surface area (Å²) in [6, 6.07) is 7.79. The van der Waals surface area contributed by atoms with E-state index < -0.39 is 31.2 Å². The lowest BCUT2D eigenvalue weighted by molar-refractivity contribution is 0.434. The van der Waals surface area contributed by atoms with Crippen molar-refractivity contribution in [1.29, 1.82) is 0 Å². The van der Waals surface area contributed by atoms with Crippen LogP contribution in [0.2, 0.25) is 0 Å². The van der Waals surface area contributed by atoms with Gasteiger partial charge >= 0.3 is 0 Å². The van der Waals surface area contributed by atoms with E-state index in [1.165, 1.54) is 5.56 Å². The van der Waals surface area contributed by atoms with Crippen molar-refractivity contribution in [2.24, 2.45) is 0 Å². The van der Waals surface area contributed by atoms with Crippen LogP contribution in [0.25, 0.3) is 6.08 Å². The molecule has 0 bridgehead atoms. The van der Waals surface area contributed by atoms with Crippen LogP contribution < -0.4 is 0 Å². The number of hydrogen-bond acceptors (Lipinski definition) is 6. The van der Waals surface area contributed by atoms with E-state index in [9.17, 15) is 25.9 Å². The van der Waals surface area contributed by atoms with E-state index in [1.807, 2.05) is 30.3 Å². The first-order valence-electron chi connectivity index (χ1n) is 6.81. The molecule has 0 N–H and O–H groups in total. The maximum absolute atomic E-state index is 11.1. The van der Waals surface area contributed by atoms with E-state index in [2.05, 4.69) is 0 Å². The van der Waals surface area contributed by atoms with Crippen LogP contribution in [-0.4, -0.2) is 36.9 Å². The zero-order chi connectivity index (χ0) is 16.4. The summed E-state index contributed by atoms with van der Waals surface area (Å²) in [5.41, 5.74) is 3.19. The van der Waals surface area contributed by atoms with Gasteiger partial charge in [-0.15, -0.1) is 0 Å². The molecule has 0 radical (unpaired) electrons. The van der Waals surface area contributed by atoms with Gasteiger partial charge in [0.2, 0.25) is 0 Å². The third-order valence-electron chi connectivity index (χ3n) is 3.72. The molecule has 0 saturated heterocycles. The second-order valence-corrected chi connectivity index (χ2v) is 8.48. The number of allylic oxidation sites excluding steroid dienone is 1. The van der Waals surface area contributed by atoms with Crippen LogP contribution in [0.4, 0.5) is 0 Å². The van der Waals surface area contributed by atoms with Gasteiger partial charge in [0.25, 0.3) is 0 Å². The zero-order valence-corrected chi connectivity index (χ0v) is 13.4. The number of benzene rings is 1. The molecule has 6 nitrogen and oxygen atoms in total. The Morgan fingerprint density at radius 2 is 1.73 bits per heavy atom. The van der Waals surface area contributed by atoms with Crippen LogP contribution in [-0.2, 0) is 26.7 Å². The van der Waals surface area contributed by atoms with E-state index in [1.54, 1.807) is 0 Å². The highest BCUT2D eigenvalue weighted by Gasteiger charge is 2.20. The Hall–Kier alpha value is -1.22. The normalized spacial score (nSPS) is 16.7. The second kappa shape index (κ2) is 6.49. The van der Waals surface area contributed by atoms with E-state index >= 15 is 0 Å². The maximum atomic E-state index is 11.1. The molecule has 22 heavy (non-hydrogen) atoms. The van der Waals surface area contributed by atoms with Gasteiger partial charge in [0.05, 0.1) is 31.2 Å². The monoisotopic (exact) mass is 344 g/mol. The minimum absolute atomic E-state index is 0.151. The van der Waals surface area contributed by atoms with E-state index in [-0.39, 0.29) is 12.8 Å². The molecule has 0 aliphatic heterocycles. The van der Waals surface area contributed by atoms with Crippen molar-refractivity contribution < 1.29 is 25.9 Å². The molecular formula is C14H16O6S2-2. The van der Waals surface area contributed by atoms with Crippen molar-refractivity contribution in [3.63, 3.8) is 0 Å². The molecule has 1 aliphatic carbocycles. The fourth-order valence-corrected chi connectivity index (χ4v) is 4.77. The lowest BCUT2D eigenvalue weighted by Crippen LogP contribution is -2.29. The van der Waals surface area contributed by atoms with Gasteiger partial charge in [-0.25, -0.2) is 16.8 Å². The number of hydrogen-bond donors (Lipinski definition) is 0.